The molecule has 5 heterocycles. The van der Waals surface area contributed by atoms with E-state index in [2.05, 4.69) is 412 Å². The summed E-state index contributed by atoms with van der Waals surface area (Å²) in [6.07, 6.45) is 16.6. The van der Waals surface area contributed by atoms with Crippen LogP contribution >= 0.6 is 0 Å². The summed E-state index contributed by atoms with van der Waals surface area (Å²) in [4.78, 5) is 16.1. The molecule has 0 bridgehead atoms. The van der Waals surface area contributed by atoms with Crippen LogP contribution in [0.25, 0.3) is 22.3 Å². The van der Waals surface area contributed by atoms with Crippen molar-refractivity contribution in [1.82, 2.24) is 0 Å². The van der Waals surface area contributed by atoms with Crippen LogP contribution < -0.4 is 66.9 Å². The van der Waals surface area contributed by atoms with Gasteiger partial charge in [-0.15, -0.1) is 0 Å². The van der Waals surface area contributed by atoms with Gasteiger partial charge in [0.2, 0.25) is 0 Å². The number of ether oxygens (including phenoxy) is 1. The molecule has 9 aliphatic rings. The van der Waals surface area contributed by atoms with Crippen molar-refractivity contribution < 1.29 is 4.74 Å². The van der Waals surface area contributed by atoms with Crippen LogP contribution in [0.2, 0.25) is 0 Å². The molecule has 124 heavy (non-hydrogen) atoms. The normalized spacial score (nSPS) is 17.8. The molecule has 7 nitrogen and oxygen atoms in total. The highest BCUT2D eigenvalue weighted by Gasteiger charge is 2.58. The number of hydrogen-bond acceptors (Lipinski definition) is 7. The number of nitrogens with zero attached hydrogens (tertiary/aromatic N) is 6. The molecule has 0 aromatic heterocycles. The lowest BCUT2D eigenvalue weighted by molar-refractivity contribution is 0.0834. The van der Waals surface area contributed by atoms with Crippen molar-refractivity contribution in [2.24, 2.45) is 23.7 Å². The maximum atomic E-state index is 7.68. The lowest BCUT2D eigenvalue weighted by atomic mass is 9.33. The minimum Gasteiger partial charge on any atom is -0.458 e. The highest BCUT2D eigenvalue weighted by atomic mass is 16.5. The molecule has 16 aromatic rings. The number of para-hydroxylation sites is 9. The van der Waals surface area contributed by atoms with Crippen LogP contribution in [0.15, 0.2) is 382 Å². The van der Waals surface area contributed by atoms with Gasteiger partial charge >= 0.3 is 0 Å². The van der Waals surface area contributed by atoms with E-state index in [0.717, 1.165) is 85.2 Å². The number of anilines is 17. The van der Waals surface area contributed by atoms with E-state index in [0.29, 0.717) is 23.7 Å². The van der Waals surface area contributed by atoms with E-state index in [4.69, 9.17) is 4.74 Å². The van der Waals surface area contributed by atoms with Crippen molar-refractivity contribution >= 4 is 143 Å². The van der Waals surface area contributed by atoms with Crippen LogP contribution in [0.3, 0.4) is 0 Å². The quantitative estimate of drug-likeness (QED) is 0.106. The largest absolute Gasteiger partial charge is 0.458 e. The third-order valence-corrected chi connectivity index (χ3v) is 29.7. The maximum absolute atomic E-state index is 7.68. The van der Waals surface area contributed by atoms with Crippen molar-refractivity contribution in [2.45, 2.75) is 94.9 Å². The zero-order chi connectivity index (χ0) is 81.5. The molecular formula is C115H94B2N6O. The van der Waals surface area contributed by atoms with Crippen molar-refractivity contribution in [3.05, 3.63) is 404 Å². The molecule has 16 aromatic carbocycles. The summed E-state index contributed by atoms with van der Waals surface area (Å²) in [7, 11) is 0. The van der Waals surface area contributed by atoms with Crippen molar-refractivity contribution in [1.29, 1.82) is 0 Å². The van der Waals surface area contributed by atoms with Crippen molar-refractivity contribution in [3.63, 3.8) is 0 Å². The van der Waals surface area contributed by atoms with Crippen molar-refractivity contribution in [2.75, 3.05) is 29.4 Å². The lowest BCUT2D eigenvalue weighted by Gasteiger charge is -2.56. The molecule has 2 unspecified atom stereocenters. The molecule has 596 valence electrons. The summed E-state index contributed by atoms with van der Waals surface area (Å²) in [6.45, 7) is -0.444. The zero-order valence-electron chi connectivity index (χ0n) is 69.7. The van der Waals surface area contributed by atoms with Crippen LogP contribution in [0.1, 0.15) is 106 Å². The molecule has 0 radical (unpaired) electrons. The second-order valence-electron chi connectivity index (χ2n) is 36.0. The Hall–Kier alpha value is -13.8. The molecule has 1 spiro atoms. The van der Waals surface area contributed by atoms with Gasteiger partial charge in [0.15, 0.2) is 0 Å². The molecular weight excluding hydrogens is 1500 g/mol. The lowest BCUT2D eigenvalue weighted by Crippen LogP contribution is -2.62. The summed E-state index contributed by atoms with van der Waals surface area (Å²) < 4.78 is 7.68. The predicted octanol–water partition coefficient (Wildman–Crippen LogP) is 26.5. The standard InChI is InChI=1S/C115H94B2N6O/c1-10-39-77(40-11-1)88-57-30-35-66-101(88)119(82-49-20-6-21-50-82)87-71-109-113-111(72-87)124-110-68-37-34-65-98(110)117(113)100-74-96-104(76-106(100)122(109)85-55-26-9-27-56-85)123(114-89(78-41-12-2-13-42-78)60-38-61-90(114)79-43-14-3-15-44-79)103-75-105-99(73-95(103)115(96)93-62-31-28-58-91(93)92-59-29-32-63-94(92)115)116-97-64-33-36-67-102(97)120(83-51-22-7-23-52-83)107-69-86(70-108(112(107)116)121(105)84-53-24-8-25-54-84)118(80-45-16-4-17-46-80)81-47-18-5-19-48-81/h1,4-11,16-37,39-40,45-59,62-76,78-79,89-90,114H,2-3,12-15,38,41-44,60-61H2. The summed E-state index contributed by atoms with van der Waals surface area (Å²) in [5, 5.41) is 0. The average molecular weight is 1600 g/mol. The Morgan fingerprint density at radius 2 is 0.669 bits per heavy atom. The summed E-state index contributed by atoms with van der Waals surface area (Å²) in [5.74, 6) is 3.81. The van der Waals surface area contributed by atoms with Gasteiger partial charge in [-0.1, -0.05) is 325 Å². The topological polar surface area (TPSA) is 28.7 Å². The van der Waals surface area contributed by atoms with Crippen molar-refractivity contribution in [3.8, 4) is 33.8 Å². The molecule has 2 atom stereocenters. The first kappa shape index (κ1) is 73.0. The van der Waals surface area contributed by atoms with Crippen LogP contribution in [0.4, 0.5) is 96.7 Å². The Bertz CT molecular complexity index is 6690. The molecule has 0 amide bonds. The highest BCUT2D eigenvalue weighted by Crippen LogP contribution is 2.67. The first-order valence-corrected chi connectivity index (χ1v) is 45.6. The molecule has 4 aliphatic carbocycles. The molecule has 3 fully saturated rings. The van der Waals surface area contributed by atoms with Crippen LogP contribution in [-0.4, -0.2) is 19.5 Å². The molecule has 0 saturated heterocycles. The van der Waals surface area contributed by atoms with E-state index in [1.807, 2.05) is 0 Å². The van der Waals surface area contributed by atoms with Crippen LogP contribution in [0.5, 0.6) is 11.5 Å². The van der Waals surface area contributed by atoms with Gasteiger partial charge in [-0.2, -0.15) is 0 Å². The molecule has 25 rings (SSSR count). The minimum absolute atomic E-state index is 0.171. The van der Waals surface area contributed by atoms with Gasteiger partial charge in [0, 0.05) is 97.3 Å². The number of fused-ring (bicyclic) bond motifs is 17. The van der Waals surface area contributed by atoms with Gasteiger partial charge in [0.25, 0.3) is 13.4 Å². The second kappa shape index (κ2) is 29.8. The van der Waals surface area contributed by atoms with E-state index in [-0.39, 0.29) is 19.5 Å². The fourth-order valence-corrected chi connectivity index (χ4v) is 24.8. The van der Waals surface area contributed by atoms with Gasteiger partial charge in [-0.3, -0.25) is 0 Å². The molecule has 0 N–H and O–H groups in total. The zero-order valence-corrected chi connectivity index (χ0v) is 69.7. The van der Waals surface area contributed by atoms with Gasteiger partial charge in [0.1, 0.15) is 11.5 Å². The highest BCUT2D eigenvalue weighted by molar-refractivity contribution is 7.01. The first-order valence-electron chi connectivity index (χ1n) is 45.6. The molecule has 3 saturated carbocycles. The fraction of sp³-hybridized carbons (Fsp3) is 0.165. The fourth-order valence-electron chi connectivity index (χ4n) is 24.8. The van der Waals surface area contributed by atoms with E-state index in [1.54, 1.807) is 0 Å². The molecule has 5 aliphatic heterocycles. The summed E-state index contributed by atoms with van der Waals surface area (Å²) >= 11 is 0. The number of rotatable bonds is 13. The predicted molar refractivity (Wildman–Crippen MR) is 518 cm³/mol. The monoisotopic (exact) mass is 1600 g/mol. The number of benzene rings is 16. The van der Waals surface area contributed by atoms with Crippen LogP contribution in [0, 0.1) is 23.7 Å². The van der Waals surface area contributed by atoms with E-state index < -0.39 is 5.41 Å². The Kier molecular flexibility index (Phi) is 17.5. The third kappa shape index (κ3) is 11.3. The average Bonchev–Trinajstić information content (AvgIpc) is 1.30. The van der Waals surface area contributed by atoms with Gasteiger partial charge in [-0.25, -0.2) is 0 Å². The number of hydrogen-bond donors (Lipinski definition) is 0. The Morgan fingerprint density at radius 1 is 0.266 bits per heavy atom. The minimum atomic E-state index is -0.855. The summed E-state index contributed by atoms with van der Waals surface area (Å²) in [6, 6.07) is 146. The Balaban J connectivity index is 0.824. The smallest absolute Gasteiger partial charge is 0.256 e. The molecule has 9 heteroatoms. The third-order valence-electron chi connectivity index (χ3n) is 29.7. The van der Waals surface area contributed by atoms with Gasteiger partial charge < -0.3 is 34.1 Å². The Morgan fingerprint density at radius 3 is 1.19 bits per heavy atom. The second-order valence-corrected chi connectivity index (χ2v) is 36.0. The van der Waals surface area contributed by atoms with Gasteiger partial charge in [-0.05, 0) is 230 Å². The summed E-state index contributed by atoms with van der Waals surface area (Å²) in [5.41, 5.74) is 36.4. The van der Waals surface area contributed by atoms with Gasteiger partial charge in [0.05, 0.1) is 22.5 Å². The first-order chi connectivity index (χ1) is 61.6. The maximum Gasteiger partial charge on any atom is 0.256 e. The van der Waals surface area contributed by atoms with E-state index >= 15 is 0 Å². The van der Waals surface area contributed by atoms with Crippen LogP contribution in [-0.2, 0) is 5.41 Å². The van der Waals surface area contributed by atoms with E-state index in [1.165, 1.54) is 184 Å². The van der Waals surface area contributed by atoms with E-state index in [9.17, 15) is 0 Å². The Labute approximate surface area is 728 Å². The SMILES string of the molecule is c1ccc(-c2ccccc2N(c2ccccc2)c2cc3c4c(c2)N(c2ccccc2)c2cc5c(cc2B4c2ccccc2O3)C2(c3ccccc3-c3ccccc32)c2cc3c(cc2N5C2C(C4CCCCC4)CCCC2C2CCCCC2)N(c2ccccc2)c2cc(N(c4ccccc4)c4ccccc4)cc4c2B3c2ccccc2N4c2ccccc2)cc1.